The van der Waals surface area contributed by atoms with Crippen LogP contribution in [0.15, 0.2) is 24.5 Å². The Morgan fingerprint density at radius 3 is 2.77 bits per heavy atom. The van der Waals surface area contributed by atoms with Crippen LogP contribution in [-0.4, -0.2) is 62.6 Å². The number of nitrogen functional groups attached to an aromatic ring is 1. The van der Waals surface area contributed by atoms with Crippen LogP contribution in [0.3, 0.4) is 0 Å². The first-order valence-corrected chi connectivity index (χ1v) is 10.8. The Balaban J connectivity index is 1.47. The molecule has 3 N–H and O–H groups in total. The minimum absolute atomic E-state index is 0.0449. The second-order valence-electron chi connectivity index (χ2n) is 8.37. The molecule has 2 aromatic heterocycles. The molecule has 10 heteroatoms. The van der Waals surface area contributed by atoms with Crippen molar-refractivity contribution >= 4 is 34.7 Å². The maximum Gasteiger partial charge on any atom is 0.319 e. The van der Waals surface area contributed by atoms with Gasteiger partial charge in [-0.3, -0.25) is 0 Å². The molecule has 4 heterocycles. The predicted octanol–water partition coefficient (Wildman–Crippen LogP) is 2.93. The van der Waals surface area contributed by atoms with Gasteiger partial charge in [0, 0.05) is 39.5 Å². The van der Waals surface area contributed by atoms with Crippen LogP contribution in [0.1, 0.15) is 41.9 Å². The van der Waals surface area contributed by atoms with E-state index in [1.165, 1.54) is 6.33 Å². The highest BCUT2D eigenvalue weighted by Gasteiger charge is 2.33. The van der Waals surface area contributed by atoms with Crippen LogP contribution in [0.25, 0.3) is 5.52 Å². The number of imidazole rings is 1. The largest absolute Gasteiger partial charge is 0.382 e. The number of nitrogens with one attached hydrogen (secondary N) is 1. The first-order chi connectivity index (χ1) is 14.9. The molecule has 0 aliphatic carbocycles. The van der Waals surface area contributed by atoms with E-state index in [1.54, 1.807) is 19.0 Å². The highest BCUT2D eigenvalue weighted by atomic mass is 35.5. The molecule has 31 heavy (non-hydrogen) atoms. The predicted molar refractivity (Wildman–Crippen MR) is 119 cm³/mol. The molecule has 1 fully saturated rings. The highest BCUT2D eigenvalue weighted by molar-refractivity contribution is 6.33. The second kappa shape index (κ2) is 7.56. The van der Waals surface area contributed by atoms with Crippen LogP contribution in [0.5, 0.6) is 0 Å². The first kappa shape index (κ1) is 19.9. The maximum atomic E-state index is 12.3. The summed E-state index contributed by atoms with van der Waals surface area (Å²) in [5.74, 6) is 1.47. The number of likely N-dealkylation sites (tertiary alicyclic amines) is 1. The molecule has 2 aliphatic rings. The van der Waals surface area contributed by atoms with E-state index in [1.807, 2.05) is 21.5 Å². The minimum atomic E-state index is -0.0534. The third kappa shape index (κ3) is 3.33. The van der Waals surface area contributed by atoms with E-state index < -0.39 is 0 Å². The zero-order chi connectivity index (χ0) is 21.7. The van der Waals surface area contributed by atoms with Crippen molar-refractivity contribution in [1.29, 1.82) is 0 Å². The van der Waals surface area contributed by atoms with Crippen LogP contribution in [0.2, 0.25) is 5.02 Å². The summed E-state index contributed by atoms with van der Waals surface area (Å²) >= 11 is 6.39. The van der Waals surface area contributed by atoms with Crippen molar-refractivity contribution in [3.8, 4) is 0 Å². The average Bonchev–Trinajstić information content (AvgIpc) is 3.37. The minimum Gasteiger partial charge on any atom is -0.382 e. The molecule has 0 radical (unpaired) electrons. The summed E-state index contributed by atoms with van der Waals surface area (Å²) in [4.78, 5) is 25.0. The Hall–Kier alpha value is -3.07. The number of hydrogen-bond donors (Lipinski definition) is 2. The number of anilines is 2. The first-order valence-electron chi connectivity index (χ1n) is 10.4. The molecule has 2 aliphatic heterocycles. The number of para-hydroxylation sites is 1. The van der Waals surface area contributed by atoms with Gasteiger partial charge in [-0.15, -0.1) is 0 Å². The number of fused-ring (bicyclic) bond motifs is 2. The molecular weight excluding hydrogens is 416 g/mol. The lowest BCUT2D eigenvalue weighted by atomic mass is 9.96. The van der Waals surface area contributed by atoms with Crippen molar-refractivity contribution in [2.24, 2.45) is 0 Å². The molecular formula is C21H25ClN8O. The van der Waals surface area contributed by atoms with E-state index in [4.69, 9.17) is 22.3 Å². The zero-order valence-corrected chi connectivity index (χ0v) is 18.3. The monoisotopic (exact) mass is 440 g/mol. The summed E-state index contributed by atoms with van der Waals surface area (Å²) < 4.78 is 1.83. The van der Waals surface area contributed by atoms with Crippen molar-refractivity contribution < 1.29 is 4.79 Å². The number of amides is 2. The lowest BCUT2D eigenvalue weighted by molar-refractivity contribution is 0.155. The average molecular weight is 441 g/mol. The van der Waals surface area contributed by atoms with Crippen LogP contribution in [0, 0.1) is 0 Å². The van der Waals surface area contributed by atoms with Gasteiger partial charge >= 0.3 is 6.03 Å². The van der Waals surface area contributed by atoms with Crippen LogP contribution in [0.4, 0.5) is 16.3 Å². The van der Waals surface area contributed by atoms with Crippen molar-refractivity contribution in [1.82, 2.24) is 29.4 Å². The Morgan fingerprint density at radius 2 is 2.06 bits per heavy atom. The number of hydrogen-bond acceptors (Lipinski definition) is 6. The smallest absolute Gasteiger partial charge is 0.319 e. The van der Waals surface area contributed by atoms with Crippen LogP contribution < -0.4 is 11.1 Å². The fraction of sp³-hybridized carbons (Fsp3) is 0.429. The number of rotatable bonds is 2. The topological polar surface area (TPSA) is 105 Å². The molecule has 162 valence electrons. The molecule has 1 aromatic carbocycles. The fourth-order valence-corrected chi connectivity index (χ4v) is 4.88. The molecule has 0 bridgehead atoms. The van der Waals surface area contributed by atoms with Gasteiger partial charge in [0.1, 0.15) is 17.7 Å². The zero-order valence-electron chi connectivity index (χ0n) is 17.5. The number of aromatic nitrogens is 4. The van der Waals surface area contributed by atoms with Gasteiger partial charge in [-0.2, -0.15) is 5.10 Å². The summed E-state index contributed by atoms with van der Waals surface area (Å²) in [7, 11) is 3.56. The van der Waals surface area contributed by atoms with Crippen molar-refractivity contribution in [2.75, 3.05) is 38.2 Å². The van der Waals surface area contributed by atoms with Crippen LogP contribution >= 0.6 is 11.6 Å². The van der Waals surface area contributed by atoms with E-state index in [-0.39, 0.29) is 18.0 Å². The second-order valence-corrected chi connectivity index (χ2v) is 8.78. The number of piperidine rings is 1. The molecule has 9 nitrogen and oxygen atoms in total. The van der Waals surface area contributed by atoms with Gasteiger partial charge in [-0.25, -0.2) is 19.3 Å². The van der Waals surface area contributed by atoms with Gasteiger partial charge < -0.3 is 20.9 Å². The third-order valence-corrected chi connectivity index (χ3v) is 6.51. The van der Waals surface area contributed by atoms with Crippen molar-refractivity contribution in [3.63, 3.8) is 0 Å². The summed E-state index contributed by atoms with van der Waals surface area (Å²) in [6.07, 6.45) is 3.89. The molecule has 5 rings (SSSR count). The number of carbonyl (C=O) groups excluding carboxylic acids is 1. The van der Waals surface area contributed by atoms with Crippen LogP contribution in [-0.2, 0) is 6.42 Å². The fourth-order valence-electron chi connectivity index (χ4n) is 4.63. The molecule has 0 saturated carbocycles. The van der Waals surface area contributed by atoms with Gasteiger partial charge in [0.2, 0.25) is 0 Å². The highest BCUT2D eigenvalue weighted by Crippen LogP contribution is 2.41. The third-order valence-electron chi connectivity index (χ3n) is 6.20. The quantitative estimate of drug-likeness (QED) is 0.634. The molecule has 3 aromatic rings. The number of nitrogens with two attached hydrogens (primary N) is 1. The number of benzene rings is 1. The Bertz CT molecular complexity index is 1150. The van der Waals surface area contributed by atoms with Gasteiger partial charge in [-0.1, -0.05) is 23.7 Å². The van der Waals surface area contributed by atoms with Crippen molar-refractivity contribution in [2.45, 2.75) is 31.2 Å². The van der Waals surface area contributed by atoms with E-state index in [2.05, 4.69) is 21.5 Å². The molecule has 1 saturated heterocycles. The van der Waals surface area contributed by atoms with Gasteiger partial charge in [0.15, 0.2) is 5.82 Å². The standard InChI is InChI=1S/C21H25ClN8O/c1-28(2)21(31)29-8-6-12(7-9-29)20-27-17(18-19(23)24-11-25-30(18)20)15-10-13-4-3-5-14(22)16(13)26-15/h3-5,11-12,15,26H,6-10H2,1-2H3,(H2,23,24,25). The van der Waals surface area contributed by atoms with E-state index in [9.17, 15) is 4.79 Å². The van der Waals surface area contributed by atoms with Gasteiger partial charge in [0.25, 0.3) is 0 Å². The molecule has 1 unspecified atom stereocenters. The number of nitrogens with zero attached hydrogens (tertiary/aromatic N) is 6. The lowest BCUT2D eigenvalue weighted by Gasteiger charge is -2.33. The summed E-state index contributed by atoms with van der Waals surface area (Å²) in [5.41, 5.74) is 9.96. The lowest BCUT2D eigenvalue weighted by Crippen LogP contribution is -2.43. The van der Waals surface area contributed by atoms with E-state index >= 15 is 0 Å². The summed E-state index contributed by atoms with van der Waals surface area (Å²) in [6.45, 7) is 1.38. The normalized spacial score (nSPS) is 18.8. The molecule has 0 spiro atoms. The Kier molecular flexibility index (Phi) is 4.85. The molecule has 1 atom stereocenters. The van der Waals surface area contributed by atoms with Gasteiger partial charge in [0.05, 0.1) is 22.4 Å². The van der Waals surface area contributed by atoms with Gasteiger partial charge in [-0.05, 0) is 24.5 Å². The van der Waals surface area contributed by atoms with E-state index in [0.29, 0.717) is 23.9 Å². The van der Waals surface area contributed by atoms with Crippen molar-refractivity contribution in [3.05, 3.63) is 46.6 Å². The number of urea groups is 1. The number of carbonyl (C=O) groups is 1. The molecule has 2 amide bonds. The Labute approximate surface area is 185 Å². The Morgan fingerprint density at radius 1 is 1.29 bits per heavy atom. The maximum absolute atomic E-state index is 12.3. The van der Waals surface area contributed by atoms with E-state index in [0.717, 1.165) is 47.5 Å². The summed E-state index contributed by atoms with van der Waals surface area (Å²) in [5, 5.41) is 8.69. The number of halogens is 1. The summed E-state index contributed by atoms with van der Waals surface area (Å²) in [6, 6.07) is 5.91. The SMILES string of the molecule is CN(C)C(=O)N1CCC(c2nc(C3Cc4cccc(Cl)c4N3)c3c(N)ncnn23)CC1.